The molecule has 116 valence electrons. The highest BCUT2D eigenvalue weighted by atomic mass is 19.3. The topological polar surface area (TPSA) is 72.5 Å². The SMILES string of the molecule is C=C(C(=O)OCC)/C(N)=C(\C)CC(CO)C(F)(F)CC. The molecule has 0 heterocycles. The van der Waals surface area contributed by atoms with Crippen molar-refractivity contribution in [1.82, 2.24) is 0 Å². The lowest BCUT2D eigenvalue weighted by molar-refractivity contribution is -0.138. The summed E-state index contributed by atoms with van der Waals surface area (Å²) >= 11 is 0. The van der Waals surface area contributed by atoms with E-state index in [-0.39, 0.29) is 30.7 Å². The Morgan fingerprint density at radius 1 is 1.45 bits per heavy atom. The number of carbonyl (C=O) groups excluding carboxylic acids is 1. The van der Waals surface area contributed by atoms with Crippen LogP contribution in [0.15, 0.2) is 23.4 Å². The number of aliphatic hydroxyl groups excluding tert-OH is 1. The van der Waals surface area contributed by atoms with Crippen LogP contribution in [0.4, 0.5) is 8.78 Å². The number of carbonyl (C=O) groups is 1. The van der Waals surface area contributed by atoms with Crippen LogP contribution in [0.5, 0.6) is 0 Å². The highest BCUT2D eigenvalue weighted by molar-refractivity contribution is 5.92. The summed E-state index contributed by atoms with van der Waals surface area (Å²) in [4.78, 5) is 11.5. The van der Waals surface area contributed by atoms with Gasteiger partial charge in [-0.2, -0.15) is 0 Å². The quantitative estimate of drug-likeness (QED) is 0.409. The average molecular weight is 291 g/mol. The van der Waals surface area contributed by atoms with Crippen molar-refractivity contribution in [1.29, 1.82) is 0 Å². The van der Waals surface area contributed by atoms with Gasteiger partial charge in [-0.15, -0.1) is 0 Å². The maximum atomic E-state index is 13.6. The summed E-state index contributed by atoms with van der Waals surface area (Å²) in [6, 6.07) is 0. The van der Waals surface area contributed by atoms with Crippen molar-refractivity contribution in [2.75, 3.05) is 13.2 Å². The highest BCUT2D eigenvalue weighted by Crippen LogP contribution is 2.33. The Labute approximate surface area is 118 Å². The molecule has 0 saturated heterocycles. The van der Waals surface area contributed by atoms with E-state index in [4.69, 9.17) is 15.6 Å². The van der Waals surface area contributed by atoms with E-state index in [9.17, 15) is 13.6 Å². The normalized spacial score (nSPS) is 14.5. The van der Waals surface area contributed by atoms with Crippen molar-refractivity contribution < 1.29 is 23.4 Å². The summed E-state index contributed by atoms with van der Waals surface area (Å²) in [6.07, 6.45) is -0.480. The minimum atomic E-state index is -2.98. The maximum absolute atomic E-state index is 13.6. The summed E-state index contributed by atoms with van der Waals surface area (Å²) in [6.45, 7) is 7.55. The van der Waals surface area contributed by atoms with Gasteiger partial charge >= 0.3 is 5.97 Å². The van der Waals surface area contributed by atoms with Crippen LogP contribution in [0.25, 0.3) is 0 Å². The van der Waals surface area contributed by atoms with E-state index < -0.39 is 24.4 Å². The number of alkyl halides is 2. The first-order chi connectivity index (χ1) is 9.21. The number of aliphatic hydroxyl groups is 1. The van der Waals surface area contributed by atoms with E-state index in [0.717, 1.165) is 0 Å². The van der Waals surface area contributed by atoms with Gasteiger partial charge in [-0.05, 0) is 25.8 Å². The number of ether oxygens (including phenoxy) is 1. The number of hydrogen-bond acceptors (Lipinski definition) is 4. The standard InChI is InChI=1S/C14H23F2NO3/c1-5-14(15,16)11(8-18)7-9(3)12(17)10(4)13(19)20-6-2/h11,18H,4-8,17H2,1-3H3/b12-9-. The van der Waals surface area contributed by atoms with Crippen molar-refractivity contribution in [2.45, 2.75) is 39.5 Å². The monoisotopic (exact) mass is 291 g/mol. The van der Waals surface area contributed by atoms with Crippen molar-refractivity contribution >= 4 is 5.97 Å². The van der Waals surface area contributed by atoms with Crippen molar-refractivity contribution in [3.63, 3.8) is 0 Å². The van der Waals surface area contributed by atoms with Crippen molar-refractivity contribution in [2.24, 2.45) is 11.7 Å². The van der Waals surface area contributed by atoms with Gasteiger partial charge in [0.2, 0.25) is 0 Å². The molecule has 0 aliphatic rings. The zero-order chi connectivity index (χ0) is 15.9. The summed E-state index contributed by atoms with van der Waals surface area (Å²) < 4.78 is 31.9. The minimum absolute atomic E-state index is 0.0359. The van der Waals surface area contributed by atoms with Gasteiger partial charge in [-0.1, -0.05) is 13.5 Å². The molecule has 0 bridgehead atoms. The lowest BCUT2D eigenvalue weighted by Crippen LogP contribution is -2.31. The lowest BCUT2D eigenvalue weighted by Gasteiger charge is -2.25. The molecule has 0 fully saturated rings. The number of halogens is 2. The number of nitrogens with two attached hydrogens (primary N) is 1. The van der Waals surface area contributed by atoms with Crippen LogP contribution in [0, 0.1) is 5.92 Å². The van der Waals surface area contributed by atoms with Gasteiger partial charge in [0.05, 0.1) is 18.8 Å². The second-order valence-corrected chi connectivity index (χ2v) is 4.59. The van der Waals surface area contributed by atoms with E-state index >= 15 is 0 Å². The Morgan fingerprint density at radius 2 is 2.00 bits per heavy atom. The number of esters is 1. The average Bonchev–Trinajstić information content (AvgIpc) is 2.42. The molecule has 0 aliphatic carbocycles. The maximum Gasteiger partial charge on any atom is 0.339 e. The zero-order valence-corrected chi connectivity index (χ0v) is 12.2. The van der Waals surface area contributed by atoms with Gasteiger partial charge in [-0.25, -0.2) is 13.6 Å². The Morgan fingerprint density at radius 3 is 2.40 bits per heavy atom. The van der Waals surface area contributed by atoms with Gasteiger partial charge in [0.1, 0.15) is 0 Å². The second-order valence-electron chi connectivity index (χ2n) is 4.59. The van der Waals surface area contributed by atoms with Crippen LogP contribution < -0.4 is 5.73 Å². The first-order valence-corrected chi connectivity index (χ1v) is 6.51. The fourth-order valence-electron chi connectivity index (χ4n) is 1.70. The molecule has 0 amide bonds. The van der Waals surface area contributed by atoms with Crippen LogP contribution in [-0.4, -0.2) is 30.2 Å². The van der Waals surface area contributed by atoms with Gasteiger partial charge in [0.25, 0.3) is 5.92 Å². The molecular formula is C14H23F2NO3. The first-order valence-electron chi connectivity index (χ1n) is 6.51. The van der Waals surface area contributed by atoms with E-state index in [2.05, 4.69) is 6.58 Å². The fourth-order valence-corrected chi connectivity index (χ4v) is 1.70. The number of rotatable bonds is 8. The second kappa shape index (κ2) is 7.99. The summed E-state index contributed by atoms with van der Waals surface area (Å²) in [5, 5.41) is 9.10. The molecule has 20 heavy (non-hydrogen) atoms. The molecule has 6 heteroatoms. The van der Waals surface area contributed by atoms with Crippen LogP contribution in [0.3, 0.4) is 0 Å². The van der Waals surface area contributed by atoms with Gasteiger partial charge < -0.3 is 15.6 Å². The largest absolute Gasteiger partial charge is 0.462 e. The third-order valence-corrected chi connectivity index (χ3v) is 3.15. The third-order valence-electron chi connectivity index (χ3n) is 3.15. The summed E-state index contributed by atoms with van der Waals surface area (Å²) in [5.74, 6) is -4.89. The number of allylic oxidation sites excluding steroid dienone is 1. The molecule has 0 saturated carbocycles. The Balaban J connectivity index is 5.03. The predicted octanol–water partition coefficient (Wildman–Crippen LogP) is 2.38. The minimum Gasteiger partial charge on any atom is -0.462 e. The van der Waals surface area contributed by atoms with E-state index in [1.165, 1.54) is 13.8 Å². The molecule has 3 N–H and O–H groups in total. The first kappa shape index (κ1) is 18.6. The molecule has 0 aromatic rings. The zero-order valence-electron chi connectivity index (χ0n) is 12.2. The van der Waals surface area contributed by atoms with E-state index in [1.807, 2.05) is 0 Å². The van der Waals surface area contributed by atoms with Crippen molar-refractivity contribution in [3.05, 3.63) is 23.4 Å². The fraction of sp³-hybridized carbons (Fsp3) is 0.643. The summed E-state index contributed by atoms with van der Waals surface area (Å²) in [7, 11) is 0. The molecule has 0 aliphatic heterocycles. The lowest BCUT2D eigenvalue weighted by atomic mass is 9.91. The smallest absolute Gasteiger partial charge is 0.339 e. The van der Waals surface area contributed by atoms with Gasteiger partial charge in [-0.3, -0.25) is 0 Å². The molecule has 0 rings (SSSR count). The molecule has 0 aromatic heterocycles. The Bertz CT molecular complexity index is 392. The molecular weight excluding hydrogens is 268 g/mol. The molecule has 4 nitrogen and oxygen atoms in total. The predicted molar refractivity (Wildman–Crippen MR) is 73.1 cm³/mol. The van der Waals surface area contributed by atoms with Crippen LogP contribution in [0.1, 0.15) is 33.6 Å². The van der Waals surface area contributed by atoms with E-state index in [1.54, 1.807) is 6.92 Å². The van der Waals surface area contributed by atoms with Crippen LogP contribution in [-0.2, 0) is 9.53 Å². The summed E-state index contributed by atoms with van der Waals surface area (Å²) in [5.41, 5.74) is 6.10. The molecule has 1 atom stereocenters. The molecule has 1 unspecified atom stereocenters. The Kier molecular flexibility index (Phi) is 7.42. The van der Waals surface area contributed by atoms with Gasteiger partial charge in [0, 0.05) is 18.0 Å². The third kappa shape index (κ3) is 4.92. The van der Waals surface area contributed by atoms with Gasteiger partial charge in [0.15, 0.2) is 0 Å². The highest BCUT2D eigenvalue weighted by Gasteiger charge is 2.37. The Hall–Kier alpha value is -1.43. The molecule has 0 spiro atoms. The van der Waals surface area contributed by atoms with E-state index in [0.29, 0.717) is 5.57 Å². The van der Waals surface area contributed by atoms with Crippen molar-refractivity contribution in [3.8, 4) is 0 Å². The van der Waals surface area contributed by atoms with Crippen LogP contribution >= 0.6 is 0 Å². The number of hydrogen-bond donors (Lipinski definition) is 2. The molecule has 0 radical (unpaired) electrons. The van der Waals surface area contributed by atoms with Crippen LogP contribution in [0.2, 0.25) is 0 Å². The molecule has 0 aromatic carbocycles.